The molecule has 116 valence electrons. The Kier molecular flexibility index (Phi) is 4.38. The summed E-state index contributed by atoms with van der Waals surface area (Å²) in [4.78, 5) is 27.6. The van der Waals surface area contributed by atoms with Crippen LogP contribution in [0.25, 0.3) is 0 Å². The SMILES string of the molecule is CCCn1nc(C(=O)N(Cc2cccs2)C2CC2)ccc1=O. The molecule has 0 saturated heterocycles. The molecule has 2 aromatic heterocycles. The lowest BCUT2D eigenvalue weighted by molar-refractivity contribution is 0.0722. The van der Waals surface area contributed by atoms with Gasteiger partial charge in [-0.25, -0.2) is 4.68 Å². The number of aromatic nitrogens is 2. The fourth-order valence-electron chi connectivity index (χ4n) is 2.41. The number of nitrogens with zero attached hydrogens (tertiary/aromatic N) is 3. The number of hydrogen-bond acceptors (Lipinski definition) is 4. The third-order valence-electron chi connectivity index (χ3n) is 3.68. The Balaban J connectivity index is 1.84. The molecular formula is C16H19N3O2S. The standard InChI is InChI=1S/C16H19N3O2S/c1-2-9-19-15(20)8-7-14(17-19)16(21)18(12-5-6-12)11-13-4-3-10-22-13/h3-4,7-8,10,12H,2,5-6,9,11H2,1H3. The summed E-state index contributed by atoms with van der Waals surface area (Å²) < 4.78 is 1.38. The summed E-state index contributed by atoms with van der Waals surface area (Å²) in [5, 5.41) is 6.26. The van der Waals surface area contributed by atoms with Crippen LogP contribution in [0.4, 0.5) is 0 Å². The average Bonchev–Trinajstić information content (AvgIpc) is 3.23. The van der Waals surface area contributed by atoms with Gasteiger partial charge in [0.25, 0.3) is 11.5 Å². The zero-order valence-corrected chi connectivity index (χ0v) is 13.4. The number of carbonyl (C=O) groups is 1. The van der Waals surface area contributed by atoms with Crippen LogP contribution in [0.5, 0.6) is 0 Å². The molecule has 0 radical (unpaired) electrons. The Morgan fingerprint density at radius 2 is 2.23 bits per heavy atom. The lowest BCUT2D eigenvalue weighted by Crippen LogP contribution is -2.35. The number of amides is 1. The van der Waals surface area contributed by atoms with Gasteiger partial charge >= 0.3 is 0 Å². The van der Waals surface area contributed by atoms with Gasteiger partial charge in [0.15, 0.2) is 0 Å². The van der Waals surface area contributed by atoms with Crippen molar-refractivity contribution in [3.8, 4) is 0 Å². The van der Waals surface area contributed by atoms with Crippen LogP contribution in [-0.2, 0) is 13.1 Å². The Bertz CT molecular complexity index is 704. The fraction of sp³-hybridized carbons (Fsp3) is 0.438. The quantitative estimate of drug-likeness (QED) is 0.822. The molecule has 1 saturated carbocycles. The lowest BCUT2D eigenvalue weighted by Gasteiger charge is -2.21. The number of aryl methyl sites for hydroxylation is 1. The first-order valence-electron chi connectivity index (χ1n) is 7.60. The van der Waals surface area contributed by atoms with Gasteiger partial charge < -0.3 is 4.90 Å². The summed E-state index contributed by atoms with van der Waals surface area (Å²) in [5.74, 6) is -0.0826. The van der Waals surface area contributed by atoms with Gasteiger partial charge in [-0.05, 0) is 36.8 Å². The van der Waals surface area contributed by atoms with E-state index in [1.54, 1.807) is 17.4 Å². The topological polar surface area (TPSA) is 55.2 Å². The fourth-order valence-corrected chi connectivity index (χ4v) is 3.11. The Morgan fingerprint density at radius 3 is 2.86 bits per heavy atom. The second-order valence-electron chi connectivity index (χ2n) is 5.52. The van der Waals surface area contributed by atoms with Crippen molar-refractivity contribution in [3.63, 3.8) is 0 Å². The van der Waals surface area contributed by atoms with Crippen LogP contribution >= 0.6 is 11.3 Å². The molecule has 2 heterocycles. The number of thiophene rings is 1. The molecule has 0 N–H and O–H groups in total. The van der Waals surface area contributed by atoms with Crippen LogP contribution in [-0.4, -0.2) is 26.6 Å². The van der Waals surface area contributed by atoms with Gasteiger partial charge in [-0.15, -0.1) is 11.3 Å². The maximum absolute atomic E-state index is 12.8. The second-order valence-corrected chi connectivity index (χ2v) is 6.56. The summed E-state index contributed by atoms with van der Waals surface area (Å²) in [5.41, 5.74) is 0.200. The van der Waals surface area contributed by atoms with Gasteiger partial charge in [0.1, 0.15) is 5.69 Å². The van der Waals surface area contributed by atoms with Crippen molar-refractivity contribution in [2.24, 2.45) is 0 Å². The molecule has 1 aliphatic rings. The molecule has 0 aliphatic heterocycles. The van der Waals surface area contributed by atoms with Crippen molar-refractivity contribution in [2.45, 2.75) is 45.3 Å². The first-order chi connectivity index (χ1) is 10.7. The molecule has 1 aliphatic carbocycles. The molecule has 2 aromatic rings. The van der Waals surface area contributed by atoms with Gasteiger partial charge in [-0.3, -0.25) is 9.59 Å². The highest BCUT2D eigenvalue weighted by Gasteiger charge is 2.34. The van der Waals surface area contributed by atoms with Crippen molar-refractivity contribution in [2.75, 3.05) is 0 Å². The highest BCUT2D eigenvalue weighted by Crippen LogP contribution is 2.30. The Morgan fingerprint density at radius 1 is 1.41 bits per heavy atom. The van der Waals surface area contributed by atoms with Crippen LogP contribution < -0.4 is 5.56 Å². The zero-order chi connectivity index (χ0) is 15.5. The van der Waals surface area contributed by atoms with Gasteiger partial charge in [-0.2, -0.15) is 5.10 Å². The van der Waals surface area contributed by atoms with Crippen molar-refractivity contribution >= 4 is 17.2 Å². The molecular weight excluding hydrogens is 298 g/mol. The van der Waals surface area contributed by atoms with E-state index in [0.29, 0.717) is 24.8 Å². The molecule has 5 nitrogen and oxygen atoms in total. The molecule has 6 heteroatoms. The minimum absolute atomic E-state index is 0.0826. The highest BCUT2D eigenvalue weighted by molar-refractivity contribution is 7.09. The van der Waals surface area contributed by atoms with Gasteiger partial charge in [0, 0.05) is 23.5 Å². The van der Waals surface area contributed by atoms with E-state index < -0.39 is 0 Å². The summed E-state index contributed by atoms with van der Waals surface area (Å²) in [6.07, 6.45) is 2.91. The first kappa shape index (κ1) is 15.0. The largest absolute Gasteiger partial charge is 0.329 e. The monoisotopic (exact) mass is 317 g/mol. The van der Waals surface area contributed by atoms with E-state index >= 15 is 0 Å². The van der Waals surface area contributed by atoms with Crippen molar-refractivity contribution < 1.29 is 4.79 Å². The van der Waals surface area contributed by atoms with E-state index in [4.69, 9.17) is 0 Å². The first-order valence-corrected chi connectivity index (χ1v) is 8.48. The predicted molar refractivity (Wildman–Crippen MR) is 86.0 cm³/mol. The van der Waals surface area contributed by atoms with Crippen LogP contribution in [0.15, 0.2) is 34.4 Å². The molecule has 0 atom stereocenters. The third kappa shape index (κ3) is 3.27. The summed E-state index contributed by atoms with van der Waals surface area (Å²) >= 11 is 1.65. The maximum Gasteiger partial charge on any atom is 0.274 e. The predicted octanol–water partition coefficient (Wildman–Crippen LogP) is 2.52. The van der Waals surface area contributed by atoms with E-state index in [1.165, 1.54) is 15.6 Å². The van der Waals surface area contributed by atoms with Gasteiger partial charge in [-0.1, -0.05) is 13.0 Å². The molecule has 1 amide bonds. The number of rotatable bonds is 6. The van der Waals surface area contributed by atoms with E-state index in [1.807, 2.05) is 29.3 Å². The van der Waals surface area contributed by atoms with E-state index in [9.17, 15) is 9.59 Å². The van der Waals surface area contributed by atoms with E-state index in [0.717, 1.165) is 19.3 Å². The lowest BCUT2D eigenvalue weighted by atomic mass is 10.3. The summed E-state index contributed by atoms with van der Waals surface area (Å²) in [6.45, 7) is 3.14. The number of hydrogen-bond donors (Lipinski definition) is 0. The third-order valence-corrected chi connectivity index (χ3v) is 4.54. The Labute approximate surface area is 133 Å². The average molecular weight is 317 g/mol. The molecule has 1 fully saturated rings. The normalized spacial score (nSPS) is 14.0. The molecule has 0 unspecified atom stereocenters. The zero-order valence-electron chi connectivity index (χ0n) is 12.6. The van der Waals surface area contributed by atoms with Crippen molar-refractivity contribution in [3.05, 3.63) is 50.6 Å². The van der Waals surface area contributed by atoms with Crippen LogP contribution in [0, 0.1) is 0 Å². The molecule has 0 spiro atoms. The van der Waals surface area contributed by atoms with E-state index in [2.05, 4.69) is 5.10 Å². The smallest absolute Gasteiger partial charge is 0.274 e. The Hall–Kier alpha value is -1.95. The summed E-state index contributed by atoms with van der Waals surface area (Å²) in [7, 11) is 0. The molecule has 22 heavy (non-hydrogen) atoms. The van der Waals surface area contributed by atoms with Crippen LogP contribution in [0.1, 0.15) is 41.6 Å². The maximum atomic E-state index is 12.8. The van der Waals surface area contributed by atoms with Crippen LogP contribution in [0.3, 0.4) is 0 Å². The molecule has 3 rings (SSSR count). The minimum Gasteiger partial charge on any atom is -0.329 e. The molecule has 0 aromatic carbocycles. The summed E-state index contributed by atoms with van der Waals surface area (Å²) in [6, 6.07) is 7.32. The van der Waals surface area contributed by atoms with Gasteiger partial charge in [0.05, 0.1) is 6.54 Å². The van der Waals surface area contributed by atoms with E-state index in [-0.39, 0.29) is 11.5 Å². The second kappa shape index (κ2) is 6.44. The van der Waals surface area contributed by atoms with Crippen molar-refractivity contribution in [1.29, 1.82) is 0 Å². The van der Waals surface area contributed by atoms with Gasteiger partial charge in [0.2, 0.25) is 0 Å². The highest BCUT2D eigenvalue weighted by atomic mass is 32.1. The molecule has 0 bridgehead atoms. The number of carbonyl (C=O) groups excluding carboxylic acids is 1. The minimum atomic E-state index is -0.158. The van der Waals surface area contributed by atoms with Crippen LogP contribution in [0.2, 0.25) is 0 Å². The van der Waals surface area contributed by atoms with Crippen molar-refractivity contribution in [1.82, 2.24) is 14.7 Å².